The maximum absolute atomic E-state index is 11.9. The Hall–Kier alpha value is -2.99. The van der Waals surface area contributed by atoms with Gasteiger partial charge in [-0.15, -0.1) is 0 Å². The molecular weight excluding hydrogens is 314 g/mol. The first-order valence-electron chi connectivity index (χ1n) is 8.17. The number of aryl methyl sites for hydroxylation is 1. The molecule has 128 valence electrons. The van der Waals surface area contributed by atoms with E-state index in [2.05, 4.69) is 39.7 Å². The van der Waals surface area contributed by atoms with Gasteiger partial charge in [-0.05, 0) is 43.0 Å². The Morgan fingerprint density at radius 2 is 1.68 bits per heavy atom. The van der Waals surface area contributed by atoms with E-state index in [0.717, 1.165) is 16.7 Å². The van der Waals surface area contributed by atoms with Crippen molar-refractivity contribution in [1.29, 1.82) is 0 Å². The fraction of sp³-hybridized carbons (Fsp3) is 0.211. The largest absolute Gasteiger partial charge is 0.352 e. The molecule has 6 heteroatoms. The average molecular weight is 335 g/mol. The van der Waals surface area contributed by atoms with Crippen LogP contribution in [0.2, 0.25) is 0 Å². The summed E-state index contributed by atoms with van der Waals surface area (Å²) in [5, 5.41) is 0. The summed E-state index contributed by atoms with van der Waals surface area (Å²) in [6, 6.07) is 14.4. The Kier molecular flexibility index (Phi) is 4.63. The van der Waals surface area contributed by atoms with Gasteiger partial charge in [-0.25, -0.2) is 10.6 Å². The first-order valence-corrected chi connectivity index (χ1v) is 8.17. The second-order valence-electron chi connectivity index (χ2n) is 5.87. The number of benzene rings is 2. The molecule has 0 radical (unpaired) electrons. The molecule has 0 saturated carbocycles. The maximum Gasteiger partial charge on any atom is 0.352 e. The molecule has 0 aliphatic heterocycles. The third-order valence-corrected chi connectivity index (χ3v) is 4.41. The van der Waals surface area contributed by atoms with Crippen molar-refractivity contribution in [2.75, 3.05) is 5.43 Å². The van der Waals surface area contributed by atoms with Crippen LogP contribution in [-0.4, -0.2) is 14.5 Å². The molecule has 0 unspecified atom stereocenters. The normalized spacial score (nSPS) is 10.7. The van der Waals surface area contributed by atoms with Crippen molar-refractivity contribution in [3.63, 3.8) is 0 Å². The molecule has 6 nitrogen and oxygen atoms in total. The summed E-state index contributed by atoms with van der Waals surface area (Å²) in [5.74, 6) is 6.01. The van der Waals surface area contributed by atoms with Crippen LogP contribution >= 0.6 is 0 Å². The van der Waals surface area contributed by atoms with Crippen molar-refractivity contribution >= 4 is 5.95 Å². The number of nitrogen functional groups attached to an aromatic ring is 1. The van der Waals surface area contributed by atoms with Crippen molar-refractivity contribution in [2.45, 2.75) is 27.3 Å². The summed E-state index contributed by atoms with van der Waals surface area (Å²) in [6.07, 6.45) is 0. The quantitative estimate of drug-likeness (QED) is 0.444. The van der Waals surface area contributed by atoms with Crippen molar-refractivity contribution in [1.82, 2.24) is 14.5 Å². The summed E-state index contributed by atoms with van der Waals surface area (Å²) in [4.78, 5) is 20.0. The van der Waals surface area contributed by atoms with E-state index >= 15 is 0 Å². The van der Waals surface area contributed by atoms with Crippen LogP contribution in [0.1, 0.15) is 18.1 Å². The topological polar surface area (TPSA) is 85.8 Å². The van der Waals surface area contributed by atoms with Gasteiger partial charge >= 0.3 is 5.69 Å². The van der Waals surface area contributed by atoms with Gasteiger partial charge in [0, 0.05) is 12.1 Å². The molecule has 3 N–H and O–H groups in total. The van der Waals surface area contributed by atoms with Crippen LogP contribution in [0, 0.1) is 13.8 Å². The van der Waals surface area contributed by atoms with E-state index in [9.17, 15) is 4.79 Å². The van der Waals surface area contributed by atoms with Crippen LogP contribution < -0.4 is 17.0 Å². The molecule has 0 fully saturated rings. The highest BCUT2D eigenvalue weighted by Crippen LogP contribution is 2.29. The van der Waals surface area contributed by atoms with Crippen LogP contribution in [-0.2, 0) is 6.54 Å². The molecule has 0 spiro atoms. The van der Waals surface area contributed by atoms with E-state index < -0.39 is 0 Å². The zero-order chi connectivity index (χ0) is 18.0. The predicted octanol–water partition coefficient (Wildman–Crippen LogP) is 2.89. The smallest absolute Gasteiger partial charge is 0.292 e. The summed E-state index contributed by atoms with van der Waals surface area (Å²) in [7, 11) is 0. The van der Waals surface area contributed by atoms with E-state index in [1.54, 1.807) is 0 Å². The number of hydrogen-bond acceptors (Lipinski definition) is 5. The first-order chi connectivity index (χ1) is 12.0. The van der Waals surface area contributed by atoms with Crippen LogP contribution in [0.4, 0.5) is 5.95 Å². The zero-order valence-electron chi connectivity index (χ0n) is 14.6. The molecule has 1 aromatic heterocycles. The lowest BCUT2D eigenvalue weighted by molar-refractivity contribution is 0.686. The molecule has 2 aromatic rings. The number of hydrazine groups is 1. The van der Waals surface area contributed by atoms with Crippen LogP contribution in [0.25, 0.3) is 22.5 Å². The molecule has 2 aliphatic carbocycles. The lowest BCUT2D eigenvalue weighted by Crippen LogP contribution is -2.28. The summed E-state index contributed by atoms with van der Waals surface area (Å²) >= 11 is 0. The van der Waals surface area contributed by atoms with Crippen LogP contribution in [0.5, 0.6) is 0 Å². The van der Waals surface area contributed by atoms with Crippen LogP contribution in [0.15, 0.2) is 47.3 Å². The average Bonchev–Trinajstić information content (AvgIpc) is 2.60. The van der Waals surface area contributed by atoms with Gasteiger partial charge in [0.1, 0.15) is 5.82 Å². The van der Waals surface area contributed by atoms with E-state index in [1.807, 2.05) is 39.0 Å². The zero-order valence-corrected chi connectivity index (χ0v) is 14.6. The number of aromatic nitrogens is 3. The minimum atomic E-state index is -0.360. The second-order valence-corrected chi connectivity index (χ2v) is 5.87. The Labute approximate surface area is 146 Å². The molecule has 25 heavy (non-hydrogen) atoms. The Bertz CT molecular complexity index is 940. The van der Waals surface area contributed by atoms with E-state index in [0.29, 0.717) is 12.4 Å². The molecule has 1 heterocycles. The summed E-state index contributed by atoms with van der Waals surface area (Å²) in [6.45, 7) is 6.42. The third kappa shape index (κ3) is 3.16. The number of nitrogens with one attached hydrogen (secondary N) is 1. The number of fused-ring (bicyclic) bond motifs is 1. The highest BCUT2D eigenvalue weighted by atomic mass is 16.1. The summed E-state index contributed by atoms with van der Waals surface area (Å²) < 4.78 is 1.53. The van der Waals surface area contributed by atoms with E-state index in [1.165, 1.54) is 15.7 Å². The standard InChI is InChI=1S/C13H17N5O.C6H4/c1-4-18-11(15-12(17-14)16-13(18)19)10-7-5-6-8(2)9(10)3;1-2-6-4-3-5(1)6/h5-7H,4,14H2,1-3H3,(H,16,17,19);1-4H. The molecule has 0 amide bonds. The van der Waals surface area contributed by atoms with E-state index in [-0.39, 0.29) is 11.6 Å². The Balaban J connectivity index is 0.000000250. The Morgan fingerprint density at radius 3 is 2.16 bits per heavy atom. The highest BCUT2D eigenvalue weighted by molar-refractivity contribution is 5.75. The summed E-state index contributed by atoms with van der Waals surface area (Å²) in [5.41, 5.74) is 7.97. The van der Waals surface area contributed by atoms with Crippen molar-refractivity contribution < 1.29 is 0 Å². The van der Waals surface area contributed by atoms with Gasteiger partial charge in [0.05, 0.1) is 0 Å². The molecule has 0 bridgehead atoms. The molecular formula is C19H21N5O. The number of nitrogens with zero attached hydrogens (tertiary/aromatic N) is 3. The number of hydrogen-bond donors (Lipinski definition) is 2. The van der Waals surface area contributed by atoms with Gasteiger partial charge < -0.3 is 0 Å². The van der Waals surface area contributed by atoms with Gasteiger partial charge in [-0.1, -0.05) is 42.5 Å². The van der Waals surface area contributed by atoms with Crippen molar-refractivity contribution in [3.05, 3.63) is 64.1 Å². The van der Waals surface area contributed by atoms with Crippen molar-refractivity contribution in [3.8, 4) is 22.5 Å². The maximum atomic E-state index is 11.9. The molecule has 1 aromatic carbocycles. The highest BCUT2D eigenvalue weighted by Gasteiger charge is 2.13. The lowest BCUT2D eigenvalue weighted by atomic mass is 9.95. The van der Waals surface area contributed by atoms with Crippen LogP contribution in [0.3, 0.4) is 0 Å². The third-order valence-electron chi connectivity index (χ3n) is 4.41. The molecule has 4 rings (SSSR count). The SMILES string of the molecule is CCn1c(-c2cccc(C)c2C)nc(NN)nc1=O.c1cc2ccc1-2. The first kappa shape index (κ1) is 16.9. The minimum Gasteiger partial charge on any atom is -0.292 e. The molecule has 0 saturated heterocycles. The predicted molar refractivity (Wildman–Crippen MR) is 100 cm³/mol. The number of nitrogens with two attached hydrogens (primary N) is 1. The lowest BCUT2D eigenvalue weighted by Gasteiger charge is -2.13. The fourth-order valence-electron chi connectivity index (χ4n) is 2.64. The molecule has 0 atom stereocenters. The monoisotopic (exact) mass is 335 g/mol. The van der Waals surface area contributed by atoms with Gasteiger partial charge in [0.2, 0.25) is 5.95 Å². The van der Waals surface area contributed by atoms with Gasteiger partial charge in [-0.2, -0.15) is 9.97 Å². The molecule has 2 aliphatic rings. The Morgan fingerprint density at radius 1 is 1.04 bits per heavy atom. The van der Waals surface area contributed by atoms with Gasteiger partial charge in [-0.3, -0.25) is 9.99 Å². The number of rotatable bonds is 3. The van der Waals surface area contributed by atoms with Crippen molar-refractivity contribution in [2.24, 2.45) is 5.84 Å². The van der Waals surface area contributed by atoms with Gasteiger partial charge in [0.25, 0.3) is 0 Å². The fourth-order valence-corrected chi connectivity index (χ4v) is 2.64. The van der Waals surface area contributed by atoms with Gasteiger partial charge in [0.15, 0.2) is 0 Å². The second kappa shape index (κ2) is 6.86. The number of anilines is 1. The minimum absolute atomic E-state index is 0.130. The van der Waals surface area contributed by atoms with E-state index in [4.69, 9.17) is 5.84 Å².